The molecular weight excluding hydrogens is 445 g/mol. The monoisotopic (exact) mass is 468 g/mol. The quantitative estimate of drug-likeness (QED) is 0.547. The Kier molecular flexibility index (Phi) is 5.50. The molecule has 0 spiro atoms. The van der Waals surface area contributed by atoms with Crippen LogP contribution in [0.15, 0.2) is 48.9 Å². The Balaban J connectivity index is 1.39. The van der Waals surface area contributed by atoms with Gasteiger partial charge in [-0.25, -0.2) is 4.98 Å². The molecule has 9 heteroatoms. The predicted octanol–water partition coefficient (Wildman–Crippen LogP) is 4.86. The van der Waals surface area contributed by atoms with Gasteiger partial charge in [-0.1, -0.05) is 6.07 Å². The van der Waals surface area contributed by atoms with Crippen LogP contribution in [0, 0.1) is 19.8 Å². The van der Waals surface area contributed by atoms with Gasteiger partial charge in [0.15, 0.2) is 0 Å². The van der Waals surface area contributed by atoms with Gasteiger partial charge in [-0.2, -0.15) is 13.2 Å². The van der Waals surface area contributed by atoms with Crippen LogP contribution in [0.4, 0.5) is 13.2 Å². The van der Waals surface area contributed by atoms with Gasteiger partial charge in [-0.3, -0.25) is 14.8 Å². The maximum absolute atomic E-state index is 13.7. The molecule has 2 aliphatic rings. The number of amides is 1. The van der Waals surface area contributed by atoms with Crippen LogP contribution in [-0.4, -0.2) is 44.4 Å². The number of carbonyl (C=O) groups is 1. The molecule has 1 amide bonds. The molecule has 4 heterocycles. The lowest BCUT2D eigenvalue weighted by atomic mass is 10.0. The SMILES string of the molecule is Cc1cnc(-c2ncccc2C)c(C(=O)N2CC3CC(Oc4ccc(C(F)(F)F)cn4)C2C3)c1. The van der Waals surface area contributed by atoms with E-state index in [1.165, 1.54) is 6.07 Å². The maximum Gasteiger partial charge on any atom is 0.417 e. The lowest BCUT2D eigenvalue weighted by Gasteiger charge is -2.33. The largest absolute Gasteiger partial charge is 0.472 e. The molecule has 34 heavy (non-hydrogen) atoms. The lowest BCUT2D eigenvalue weighted by Crippen LogP contribution is -2.47. The first-order chi connectivity index (χ1) is 16.2. The Morgan fingerprint density at radius 3 is 2.56 bits per heavy atom. The third kappa shape index (κ3) is 4.10. The number of fused-ring (bicyclic) bond motifs is 2. The number of ether oxygens (including phenoxy) is 1. The number of hydrogen-bond acceptors (Lipinski definition) is 5. The van der Waals surface area contributed by atoms with Crippen LogP contribution < -0.4 is 4.74 Å². The summed E-state index contributed by atoms with van der Waals surface area (Å²) in [5.41, 5.74) is 2.65. The normalized spacial score (nSPS) is 21.7. The Labute approximate surface area is 194 Å². The number of alkyl halides is 3. The molecule has 1 saturated heterocycles. The van der Waals surface area contributed by atoms with E-state index in [0.29, 0.717) is 23.5 Å². The number of hydrogen-bond donors (Lipinski definition) is 0. The summed E-state index contributed by atoms with van der Waals surface area (Å²) < 4.78 is 44.4. The molecule has 2 bridgehead atoms. The van der Waals surface area contributed by atoms with Crippen molar-refractivity contribution in [3.8, 4) is 17.3 Å². The highest BCUT2D eigenvalue weighted by Gasteiger charge is 2.49. The third-order valence-corrected chi connectivity index (χ3v) is 6.51. The summed E-state index contributed by atoms with van der Waals surface area (Å²) in [6.07, 6.45) is 0.904. The summed E-state index contributed by atoms with van der Waals surface area (Å²) in [7, 11) is 0. The first kappa shape index (κ1) is 22.3. The van der Waals surface area contributed by atoms with Crippen molar-refractivity contribution in [2.75, 3.05) is 6.54 Å². The zero-order valence-electron chi connectivity index (χ0n) is 18.7. The van der Waals surface area contributed by atoms with Crippen molar-refractivity contribution in [3.63, 3.8) is 0 Å². The van der Waals surface area contributed by atoms with Crippen LogP contribution in [0.25, 0.3) is 11.4 Å². The molecule has 0 radical (unpaired) electrons. The molecule has 1 saturated carbocycles. The van der Waals surface area contributed by atoms with E-state index in [0.717, 1.165) is 36.2 Å². The van der Waals surface area contributed by atoms with Gasteiger partial charge in [0.1, 0.15) is 11.8 Å². The minimum absolute atomic E-state index is 0.125. The van der Waals surface area contributed by atoms with Crippen LogP contribution in [-0.2, 0) is 6.18 Å². The number of rotatable bonds is 4. The number of likely N-dealkylation sites (tertiary alicyclic amines) is 1. The maximum atomic E-state index is 13.7. The van der Waals surface area contributed by atoms with Crippen LogP contribution in [0.5, 0.6) is 5.88 Å². The van der Waals surface area contributed by atoms with E-state index in [1.807, 2.05) is 32.0 Å². The third-order valence-electron chi connectivity index (χ3n) is 6.51. The second-order valence-electron chi connectivity index (χ2n) is 8.98. The van der Waals surface area contributed by atoms with Crippen molar-refractivity contribution >= 4 is 5.91 Å². The molecule has 1 aliphatic heterocycles. The highest BCUT2D eigenvalue weighted by atomic mass is 19.4. The second kappa shape index (κ2) is 8.38. The van der Waals surface area contributed by atoms with Crippen molar-refractivity contribution < 1.29 is 22.7 Å². The standard InChI is InChI=1S/C25H23F3N4O2/c1-14-8-18(23(31-11-14)22-15(2)4-3-7-29-22)24(33)32-13-16-9-19(32)20(10-16)34-21-6-5-17(12-30-21)25(26,27)28/h3-8,11-12,16,19-20H,9-10,13H2,1-2H3. The van der Waals surface area contributed by atoms with E-state index in [2.05, 4.69) is 15.0 Å². The summed E-state index contributed by atoms with van der Waals surface area (Å²) in [6.45, 7) is 4.42. The first-order valence-corrected chi connectivity index (χ1v) is 11.1. The summed E-state index contributed by atoms with van der Waals surface area (Å²) in [5.74, 6) is 0.253. The first-order valence-electron chi connectivity index (χ1n) is 11.1. The number of piperidine rings is 1. The molecule has 3 aromatic rings. The van der Waals surface area contributed by atoms with Crippen LogP contribution >= 0.6 is 0 Å². The average Bonchev–Trinajstić information content (AvgIpc) is 3.40. The number of pyridine rings is 3. The molecule has 6 nitrogen and oxygen atoms in total. The predicted molar refractivity (Wildman–Crippen MR) is 118 cm³/mol. The number of halogens is 3. The number of carbonyl (C=O) groups excluding carboxylic acids is 1. The van der Waals surface area contributed by atoms with Crippen molar-refractivity contribution in [1.29, 1.82) is 0 Å². The Hall–Kier alpha value is -3.49. The van der Waals surface area contributed by atoms with Crippen LogP contribution in [0.2, 0.25) is 0 Å². The number of nitrogens with zero attached hydrogens (tertiary/aromatic N) is 4. The van der Waals surface area contributed by atoms with Crippen molar-refractivity contribution in [3.05, 3.63) is 71.2 Å². The van der Waals surface area contributed by atoms with Crippen LogP contribution in [0.1, 0.15) is 39.9 Å². The smallest absolute Gasteiger partial charge is 0.417 e. The molecule has 2 fully saturated rings. The van der Waals surface area contributed by atoms with Gasteiger partial charge < -0.3 is 9.64 Å². The Bertz CT molecular complexity index is 1230. The van der Waals surface area contributed by atoms with Gasteiger partial charge >= 0.3 is 6.18 Å². The van der Waals surface area contributed by atoms with Gasteiger partial charge in [-0.15, -0.1) is 0 Å². The second-order valence-corrected chi connectivity index (χ2v) is 8.98. The topological polar surface area (TPSA) is 68.2 Å². The number of aromatic nitrogens is 3. The molecule has 0 N–H and O–H groups in total. The molecular formula is C25H23F3N4O2. The van der Waals surface area contributed by atoms with E-state index >= 15 is 0 Å². The van der Waals surface area contributed by atoms with E-state index in [1.54, 1.807) is 17.3 Å². The van der Waals surface area contributed by atoms with E-state index in [9.17, 15) is 18.0 Å². The molecule has 5 rings (SSSR count). The molecule has 3 atom stereocenters. The number of aryl methyl sites for hydroxylation is 2. The fourth-order valence-electron chi connectivity index (χ4n) is 4.91. The van der Waals surface area contributed by atoms with E-state index in [4.69, 9.17) is 4.74 Å². The van der Waals surface area contributed by atoms with Gasteiger partial charge in [0.25, 0.3) is 5.91 Å². The van der Waals surface area contributed by atoms with E-state index in [-0.39, 0.29) is 29.9 Å². The van der Waals surface area contributed by atoms with Crippen molar-refractivity contribution in [1.82, 2.24) is 19.9 Å². The minimum atomic E-state index is -4.45. The van der Waals surface area contributed by atoms with Crippen molar-refractivity contribution in [2.24, 2.45) is 5.92 Å². The zero-order valence-corrected chi connectivity index (χ0v) is 18.7. The van der Waals surface area contributed by atoms with Gasteiger partial charge in [0.05, 0.1) is 22.9 Å². The highest BCUT2D eigenvalue weighted by molar-refractivity contribution is 6.00. The van der Waals surface area contributed by atoms with Gasteiger partial charge in [0, 0.05) is 31.2 Å². The fraction of sp³-hybridized carbons (Fsp3) is 0.360. The molecule has 176 valence electrons. The van der Waals surface area contributed by atoms with Gasteiger partial charge in [-0.05, 0) is 61.9 Å². The summed E-state index contributed by atoms with van der Waals surface area (Å²) in [4.78, 5) is 28.3. The minimum Gasteiger partial charge on any atom is -0.472 e. The lowest BCUT2D eigenvalue weighted by molar-refractivity contribution is -0.137. The average molecular weight is 468 g/mol. The summed E-state index contributed by atoms with van der Waals surface area (Å²) >= 11 is 0. The highest BCUT2D eigenvalue weighted by Crippen LogP contribution is 2.41. The Morgan fingerprint density at radius 1 is 1.06 bits per heavy atom. The van der Waals surface area contributed by atoms with Crippen LogP contribution in [0.3, 0.4) is 0 Å². The van der Waals surface area contributed by atoms with Gasteiger partial charge in [0.2, 0.25) is 5.88 Å². The molecule has 3 unspecified atom stereocenters. The summed E-state index contributed by atoms with van der Waals surface area (Å²) in [5, 5.41) is 0. The molecule has 1 aliphatic carbocycles. The van der Waals surface area contributed by atoms with E-state index < -0.39 is 11.7 Å². The summed E-state index contributed by atoms with van der Waals surface area (Å²) in [6, 6.07) is 7.60. The van der Waals surface area contributed by atoms with Crippen molar-refractivity contribution in [2.45, 2.75) is 45.0 Å². The zero-order chi connectivity index (χ0) is 24.0. The molecule has 0 aromatic carbocycles. The Morgan fingerprint density at radius 2 is 1.88 bits per heavy atom. The fourth-order valence-corrected chi connectivity index (χ4v) is 4.91. The molecule has 3 aromatic heterocycles.